The van der Waals surface area contributed by atoms with Gasteiger partial charge in [0.25, 0.3) is 0 Å². The number of carbonyl (C=O) groups is 1. The van der Waals surface area contributed by atoms with Crippen LogP contribution in [0.25, 0.3) is 0 Å². The second kappa shape index (κ2) is 7.79. The zero-order valence-electron chi connectivity index (χ0n) is 15.3. The first-order valence-electron chi connectivity index (χ1n) is 9.30. The predicted molar refractivity (Wildman–Crippen MR) is 106 cm³/mol. The number of halogens is 1. The van der Waals surface area contributed by atoms with Gasteiger partial charge in [-0.1, -0.05) is 17.7 Å². The van der Waals surface area contributed by atoms with E-state index in [1.807, 2.05) is 25.1 Å². The minimum atomic E-state index is -0.00938. The third-order valence-corrected chi connectivity index (χ3v) is 5.36. The molecule has 1 atom stereocenters. The molecule has 1 amide bonds. The molecule has 6 heteroatoms. The molecular weight excluding hydrogens is 364 g/mol. The van der Waals surface area contributed by atoms with Crippen molar-refractivity contribution in [3.8, 4) is 11.5 Å². The van der Waals surface area contributed by atoms with Crippen molar-refractivity contribution < 1.29 is 14.3 Å². The Morgan fingerprint density at radius 3 is 2.81 bits per heavy atom. The lowest BCUT2D eigenvalue weighted by Crippen LogP contribution is -2.33. The highest BCUT2D eigenvalue weighted by Crippen LogP contribution is 2.38. The van der Waals surface area contributed by atoms with E-state index in [0.717, 1.165) is 42.1 Å². The molecule has 0 radical (unpaired) electrons. The Balaban J connectivity index is 1.44. The van der Waals surface area contributed by atoms with Gasteiger partial charge in [0.2, 0.25) is 5.91 Å². The Bertz CT molecular complexity index is 855. The molecule has 0 saturated carbocycles. The number of amides is 1. The van der Waals surface area contributed by atoms with Crippen LogP contribution in [0.5, 0.6) is 11.5 Å². The lowest BCUT2D eigenvalue weighted by molar-refractivity contribution is -0.117. The molecule has 0 aromatic heterocycles. The average Bonchev–Trinajstić information content (AvgIpc) is 3.11. The van der Waals surface area contributed by atoms with Gasteiger partial charge in [-0.25, -0.2) is 0 Å². The van der Waals surface area contributed by atoms with Gasteiger partial charge >= 0.3 is 0 Å². The fourth-order valence-corrected chi connectivity index (χ4v) is 4.03. The van der Waals surface area contributed by atoms with Crippen LogP contribution in [0.15, 0.2) is 36.4 Å². The van der Waals surface area contributed by atoms with Crippen LogP contribution < -0.4 is 14.8 Å². The van der Waals surface area contributed by atoms with Gasteiger partial charge in [-0.2, -0.15) is 0 Å². The molecule has 4 rings (SSSR count). The molecule has 2 aliphatic heterocycles. The summed E-state index contributed by atoms with van der Waals surface area (Å²) < 4.78 is 11.3. The fraction of sp³-hybridized carbons (Fsp3) is 0.381. The van der Waals surface area contributed by atoms with E-state index in [1.165, 1.54) is 5.56 Å². The Morgan fingerprint density at radius 2 is 2.00 bits per heavy atom. The number of fused-ring (bicyclic) bond motifs is 1. The number of ether oxygens (including phenoxy) is 2. The molecular formula is C21H23ClN2O3. The maximum absolute atomic E-state index is 12.6. The first-order chi connectivity index (χ1) is 13.1. The predicted octanol–water partition coefficient (Wildman–Crippen LogP) is 4.20. The van der Waals surface area contributed by atoms with Crippen LogP contribution in [-0.2, 0) is 4.79 Å². The first-order valence-corrected chi connectivity index (χ1v) is 9.67. The molecule has 0 aliphatic carbocycles. The molecule has 1 N–H and O–H groups in total. The molecule has 5 nitrogen and oxygen atoms in total. The number of benzene rings is 2. The Hall–Kier alpha value is -2.24. The molecule has 0 bridgehead atoms. The van der Waals surface area contributed by atoms with Crippen LogP contribution in [-0.4, -0.2) is 37.1 Å². The summed E-state index contributed by atoms with van der Waals surface area (Å²) in [6.07, 6.45) is 2.11. The topological polar surface area (TPSA) is 50.8 Å². The van der Waals surface area contributed by atoms with Gasteiger partial charge < -0.3 is 14.8 Å². The molecule has 2 aliphatic rings. The van der Waals surface area contributed by atoms with E-state index in [-0.39, 0.29) is 11.9 Å². The van der Waals surface area contributed by atoms with Gasteiger partial charge in [-0.15, -0.1) is 0 Å². The third kappa shape index (κ3) is 4.04. The molecule has 142 valence electrons. The summed E-state index contributed by atoms with van der Waals surface area (Å²) in [7, 11) is 0. The highest BCUT2D eigenvalue weighted by Gasteiger charge is 2.28. The van der Waals surface area contributed by atoms with Crippen molar-refractivity contribution in [2.24, 2.45) is 0 Å². The number of hydrogen-bond donors (Lipinski definition) is 1. The third-order valence-electron chi connectivity index (χ3n) is 5.12. The maximum atomic E-state index is 12.6. The minimum Gasteiger partial charge on any atom is -0.486 e. The van der Waals surface area contributed by atoms with Crippen LogP contribution in [0, 0.1) is 6.92 Å². The van der Waals surface area contributed by atoms with Gasteiger partial charge in [0.1, 0.15) is 13.2 Å². The van der Waals surface area contributed by atoms with Crippen molar-refractivity contribution in [3.63, 3.8) is 0 Å². The number of carbonyl (C=O) groups excluding carboxylic acids is 1. The van der Waals surface area contributed by atoms with E-state index < -0.39 is 0 Å². The fourth-order valence-electron chi connectivity index (χ4n) is 3.80. The lowest BCUT2D eigenvalue weighted by atomic mass is 10.0. The average molecular weight is 387 g/mol. The van der Waals surface area contributed by atoms with E-state index in [1.54, 1.807) is 6.07 Å². The molecule has 0 unspecified atom stereocenters. The van der Waals surface area contributed by atoms with Crippen LogP contribution in [0.2, 0.25) is 5.02 Å². The summed E-state index contributed by atoms with van der Waals surface area (Å²) in [5, 5.41) is 3.67. The highest BCUT2D eigenvalue weighted by molar-refractivity contribution is 6.30. The summed E-state index contributed by atoms with van der Waals surface area (Å²) >= 11 is 5.99. The van der Waals surface area contributed by atoms with E-state index in [4.69, 9.17) is 21.1 Å². The second-order valence-electron chi connectivity index (χ2n) is 7.04. The molecule has 2 aromatic rings. The zero-order chi connectivity index (χ0) is 18.8. The standard InChI is InChI=1S/C21H23ClN2O3/c1-14-11-16(22)5-6-17(14)23-21(25)13-24-8-2-3-18(24)15-4-7-19-20(12-15)27-10-9-26-19/h4-7,11-12,18H,2-3,8-10,13H2,1H3,(H,23,25)/t18-/m0/s1. The Kier molecular flexibility index (Phi) is 5.23. The number of nitrogens with one attached hydrogen (secondary N) is 1. The van der Waals surface area contributed by atoms with E-state index >= 15 is 0 Å². The monoisotopic (exact) mass is 386 g/mol. The summed E-state index contributed by atoms with van der Waals surface area (Å²) in [4.78, 5) is 14.8. The van der Waals surface area contributed by atoms with Crippen LogP contribution in [0.4, 0.5) is 5.69 Å². The number of likely N-dealkylation sites (tertiary alicyclic amines) is 1. The van der Waals surface area contributed by atoms with Gasteiger partial charge in [0, 0.05) is 16.8 Å². The van der Waals surface area contributed by atoms with Gasteiger partial charge in [-0.3, -0.25) is 9.69 Å². The van der Waals surface area contributed by atoms with E-state index in [0.29, 0.717) is 24.8 Å². The number of hydrogen-bond acceptors (Lipinski definition) is 4. The van der Waals surface area contributed by atoms with Crippen LogP contribution in [0.3, 0.4) is 0 Å². The summed E-state index contributed by atoms with van der Waals surface area (Å²) in [6.45, 7) is 4.38. The molecule has 2 heterocycles. The molecule has 1 saturated heterocycles. The summed E-state index contributed by atoms with van der Waals surface area (Å²) in [6, 6.07) is 11.8. The molecule has 0 spiro atoms. The Labute approximate surface area is 164 Å². The first kappa shape index (κ1) is 18.1. The molecule has 27 heavy (non-hydrogen) atoms. The van der Waals surface area contributed by atoms with Crippen molar-refractivity contribution in [2.75, 3.05) is 31.6 Å². The number of anilines is 1. The van der Waals surface area contributed by atoms with E-state index in [2.05, 4.69) is 22.3 Å². The van der Waals surface area contributed by atoms with Crippen molar-refractivity contribution in [1.82, 2.24) is 4.90 Å². The highest BCUT2D eigenvalue weighted by atomic mass is 35.5. The normalized spacial score (nSPS) is 19.1. The zero-order valence-corrected chi connectivity index (χ0v) is 16.1. The quantitative estimate of drug-likeness (QED) is 0.855. The van der Waals surface area contributed by atoms with Gasteiger partial charge in [0.15, 0.2) is 11.5 Å². The SMILES string of the molecule is Cc1cc(Cl)ccc1NC(=O)CN1CCC[C@H]1c1ccc2c(c1)OCCO2. The van der Waals surface area contributed by atoms with Crippen LogP contribution in [0.1, 0.15) is 30.0 Å². The van der Waals surface area contributed by atoms with Gasteiger partial charge in [0.05, 0.1) is 6.54 Å². The minimum absolute atomic E-state index is 0.00938. The second-order valence-corrected chi connectivity index (χ2v) is 7.48. The van der Waals surface area contributed by atoms with Crippen LogP contribution >= 0.6 is 11.6 Å². The smallest absolute Gasteiger partial charge is 0.238 e. The summed E-state index contributed by atoms with van der Waals surface area (Å²) in [5.74, 6) is 1.59. The van der Waals surface area contributed by atoms with Crippen molar-refractivity contribution in [2.45, 2.75) is 25.8 Å². The number of aryl methyl sites for hydroxylation is 1. The van der Waals surface area contributed by atoms with E-state index in [9.17, 15) is 4.79 Å². The Morgan fingerprint density at radius 1 is 1.19 bits per heavy atom. The number of rotatable bonds is 4. The van der Waals surface area contributed by atoms with Crippen molar-refractivity contribution in [3.05, 3.63) is 52.5 Å². The summed E-state index contributed by atoms with van der Waals surface area (Å²) in [5.41, 5.74) is 2.94. The van der Waals surface area contributed by atoms with Gasteiger partial charge in [-0.05, 0) is 67.8 Å². The maximum Gasteiger partial charge on any atom is 0.238 e. The lowest BCUT2D eigenvalue weighted by Gasteiger charge is -2.26. The molecule has 1 fully saturated rings. The van der Waals surface area contributed by atoms with Crippen molar-refractivity contribution >= 4 is 23.2 Å². The molecule has 2 aromatic carbocycles. The largest absolute Gasteiger partial charge is 0.486 e. The van der Waals surface area contributed by atoms with Crippen molar-refractivity contribution in [1.29, 1.82) is 0 Å². The number of nitrogens with zero attached hydrogens (tertiary/aromatic N) is 1.